The highest BCUT2D eigenvalue weighted by Gasteiger charge is 2.25. The van der Waals surface area contributed by atoms with E-state index >= 15 is 0 Å². The number of hydrogen-bond donors (Lipinski definition) is 2. The van der Waals surface area contributed by atoms with Gasteiger partial charge in [-0.3, -0.25) is 9.59 Å². The van der Waals surface area contributed by atoms with Crippen LogP contribution in [0.5, 0.6) is 0 Å². The molecule has 2 N–H and O–H groups in total. The summed E-state index contributed by atoms with van der Waals surface area (Å²) >= 11 is 3.53. The maximum Gasteiger partial charge on any atom is 0.251 e. The molecule has 0 saturated heterocycles. The van der Waals surface area contributed by atoms with Crippen LogP contribution < -0.4 is 10.6 Å². The lowest BCUT2D eigenvalue weighted by molar-refractivity contribution is -0.113. The Morgan fingerprint density at radius 2 is 1.74 bits per heavy atom. The van der Waals surface area contributed by atoms with E-state index in [4.69, 9.17) is 0 Å². The molecule has 2 aromatic carbocycles. The minimum absolute atomic E-state index is 0.109. The highest BCUT2D eigenvalue weighted by molar-refractivity contribution is 14.1. The van der Waals surface area contributed by atoms with Gasteiger partial charge in [-0.05, 0) is 64.9 Å². The quantitative estimate of drug-likeness (QED) is 0.324. The molecule has 162 valence electrons. The van der Waals surface area contributed by atoms with Crippen LogP contribution in [0.15, 0.2) is 59.8 Å². The molecule has 2 amide bonds. The van der Waals surface area contributed by atoms with Gasteiger partial charge in [-0.25, -0.2) is 0 Å². The largest absolute Gasteiger partial charge is 0.342 e. The fraction of sp³-hybridized carbons (Fsp3) is 0.273. The molecule has 1 aromatic heterocycles. The van der Waals surface area contributed by atoms with Gasteiger partial charge in [0, 0.05) is 21.9 Å². The van der Waals surface area contributed by atoms with E-state index in [1.165, 1.54) is 11.8 Å². The van der Waals surface area contributed by atoms with Crippen LogP contribution in [-0.2, 0) is 11.8 Å². The molecular formula is C22H24IN5O2S. The Balaban J connectivity index is 1.64. The summed E-state index contributed by atoms with van der Waals surface area (Å²) in [7, 11) is 1.85. The fourth-order valence-corrected chi connectivity index (χ4v) is 4.00. The van der Waals surface area contributed by atoms with E-state index in [0.717, 1.165) is 9.26 Å². The van der Waals surface area contributed by atoms with Crippen molar-refractivity contribution in [2.24, 2.45) is 13.0 Å². The minimum Gasteiger partial charge on any atom is -0.342 e. The van der Waals surface area contributed by atoms with Gasteiger partial charge in [-0.1, -0.05) is 43.8 Å². The summed E-state index contributed by atoms with van der Waals surface area (Å²) in [6, 6.07) is 16.4. The number of amides is 2. The molecule has 7 nitrogen and oxygen atoms in total. The zero-order valence-electron chi connectivity index (χ0n) is 17.5. The van der Waals surface area contributed by atoms with E-state index < -0.39 is 0 Å². The Kier molecular flexibility index (Phi) is 8.08. The van der Waals surface area contributed by atoms with E-state index in [1.54, 1.807) is 12.1 Å². The average Bonchev–Trinajstić information content (AvgIpc) is 3.12. The second-order valence-electron chi connectivity index (χ2n) is 7.30. The van der Waals surface area contributed by atoms with E-state index in [-0.39, 0.29) is 29.5 Å². The van der Waals surface area contributed by atoms with Crippen LogP contribution in [0, 0.1) is 9.49 Å². The Morgan fingerprint density at radius 1 is 1.06 bits per heavy atom. The van der Waals surface area contributed by atoms with E-state index in [0.29, 0.717) is 16.5 Å². The van der Waals surface area contributed by atoms with Gasteiger partial charge in [0.2, 0.25) is 5.91 Å². The van der Waals surface area contributed by atoms with E-state index in [9.17, 15) is 9.59 Å². The first-order valence-corrected chi connectivity index (χ1v) is 11.8. The van der Waals surface area contributed by atoms with Crippen molar-refractivity contribution in [2.45, 2.75) is 25.0 Å². The number of aromatic nitrogens is 3. The molecule has 0 aliphatic heterocycles. The molecule has 0 aliphatic carbocycles. The third-order valence-corrected chi connectivity index (χ3v) is 6.34. The van der Waals surface area contributed by atoms with Crippen LogP contribution in [0.25, 0.3) is 0 Å². The van der Waals surface area contributed by atoms with Gasteiger partial charge < -0.3 is 15.2 Å². The van der Waals surface area contributed by atoms with E-state index in [1.807, 2.05) is 67.9 Å². The maximum atomic E-state index is 12.6. The maximum absolute atomic E-state index is 12.6. The number of rotatable bonds is 8. The van der Waals surface area contributed by atoms with Gasteiger partial charge in [0.15, 0.2) is 11.0 Å². The lowest BCUT2D eigenvalue weighted by atomic mass is 10.0. The zero-order valence-corrected chi connectivity index (χ0v) is 20.5. The van der Waals surface area contributed by atoms with Crippen molar-refractivity contribution in [3.63, 3.8) is 0 Å². The molecule has 1 atom stereocenters. The Labute approximate surface area is 199 Å². The smallest absolute Gasteiger partial charge is 0.251 e. The molecule has 31 heavy (non-hydrogen) atoms. The molecule has 1 heterocycles. The summed E-state index contributed by atoms with van der Waals surface area (Å²) in [5.74, 6) is 0.695. The van der Waals surface area contributed by atoms with Crippen LogP contribution >= 0.6 is 34.4 Å². The first-order valence-electron chi connectivity index (χ1n) is 9.78. The number of nitrogens with one attached hydrogen (secondary N) is 2. The molecular weight excluding hydrogens is 525 g/mol. The van der Waals surface area contributed by atoms with E-state index in [2.05, 4.69) is 43.4 Å². The summed E-state index contributed by atoms with van der Waals surface area (Å²) in [4.78, 5) is 24.9. The third-order valence-electron chi connectivity index (χ3n) is 4.60. The van der Waals surface area contributed by atoms with Crippen LogP contribution in [0.4, 0.5) is 5.69 Å². The lowest BCUT2D eigenvalue weighted by Crippen LogP contribution is -2.33. The molecule has 3 aromatic rings. The molecule has 0 unspecified atom stereocenters. The van der Waals surface area contributed by atoms with Crippen molar-refractivity contribution in [3.8, 4) is 0 Å². The normalized spacial score (nSPS) is 11.9. The number of halogens is 1. The van der Waals surface area contributed by atoms with Crippen LogP contribution in [0.2, 0.25) is 0 Å². The summed E-state index contributed by atoms with van der Waals surface area (Å²) in [5.41, 5.74) is 1.35. The third kappa shape index (κ3) is 6.30. The lowest BCUT2D eigenvalue weighted by Gasteiger charge is -2.21. The summed E-state index contributed by atoms with van der Waals surface area (Å²) < 4.78 is 2.94. The predicted molar refractivity (Wildman–Crippen MR) is 131 cm³/mol. The van der Waals surface area contributed by atoms with Crippen molar-refractivity contribution in [1.82, 2.24) is 20.1 Å². The number of anilines is 1. The van der Waals surface area contributed by atoms with Gasteiger partial charge in [-0.2, -0.15) is 0 Å². The summed E-state index contributed by atoms with van der Waals surface area (Å²) in [5, 5.41) is 15.1. The molecule has 0 spiro atoms. The van der Waals surface area contributed by atoms with Crippen molar-refractivity contribution < 1.29 is 9.59 Å². The summed E-state index contributed by atoms with van der Waals surface area (Å²) in [6.45, 7) is 4.04. The van der Waals surface area contributed by atoms with Gasteiger partial charge in [0.1, 0.15) is 0 Å². The van der Waals surface area contributed by atoms with Crippen molar-refractivity contribution >= 4 is 51.9 Å². The zero-order chi connectivity index (χ0) is 22.4. The summed E-state index contributed by atoms with van der Waals surface area (Å²) in [6.07, 6.45) is 0. The Bertz CT molecular complexity index is 1040. The molecule has 0 saturated carbocycles. The topological polar surface area (TPSA) is 88.9 Å². The van der Waals surface area contributed by atoms with Gasteiger partial charge in [0.05, 0.1) is 11.8 Å². The predicted octanol–water partition coefficient (Wildman–Crippen LogP) is 4.28. The van der Waals surface area contributed by atoms with Gasteiger partial charge >= 0.3 is 0 Å². The fourth-order valence-electron chi connectivity index (χ4n) is 2.93. The number of carbonyl (C=O) groups is 2. The molecule has 0 bridgehead atoms. The first-order chi connectivity index (χ1) is 14.8. The van der Waals surface area contributed by atoms with Crippen molar-refractivity contribution in [3.05, 3.63) is 69.6 Å². The Hall–Kier alpha value is -2.40. The number of hydrogen-bond acceptors (Lipinski definition) is 5. The number of thioether (sulfide) groups is 1. The number of benzene rings is 2. The molecule has 0 aliphatic rings. The molecule has 3 rings (SSSR count). The van der Waals surface area contributed by atoms with Crippen molar-refractivity contribution in [1.29, 1.82) is 0 Å². The monoisotopic (exact) mass is 549 g/mol. The highest BCUT2D eigenvalue weighted by atomic mass is 127. The molecule has 0 radical (unpaired) electrons. The van der Waals surface area contributed by atoms with Gasteiger partial charge in [-0.15, -0.1) is 10.2 Å². The molecule has 9 heteroatoms. The average molecular weight is 549 g/mol. The molecule has 0 fully saturated rings. The SMILES string of the molecule is CC(C)[C@H](NC(=O)c1ccccc1)c1nnc(SCC(=O)Nc2ccc(I)cc2)n1C. The van der Waals surface area contributed by atoms with Gasteiger partial charge in [0.25, 0.3) is 5.91 Å². The number of nitrogens with zero attached hydrogens (tertiary/aromatic N) is 3. The second kappa shape index (κ2) is 10.8. The first kappa shape index (κ1) is 23.3. The minimum atomic E-state index is -0.305. The van der Waals surface area contributed by atoms with Crippen LogP contribution in [-0.4, -0.2) is 32.3 Å². The van der Waals surface area contributed by atoms with Crippen LogP contribution in [0.1, 0.15) is 36.1 Å². The Morgan fingerprint density at radius 3 is 2.39 bits per heavy atom. The standard InChI is InChI=1S/C22H24IN5O2S/c1-14(2)19(25-21(30)15-7-5-4-6-8-15)20-26-27-22(28(20)3)31-13-18(29)24-17-11-9-16(23)10-12-17/h4-12,14,19H,13H2,1-3H3,(H,24,29)(H,25,30)/t19-/m0/s1. The highest BCUT2D eigenvalue weighted by Crippen LogP contribution is 2.24. The van der Waals surface area contributed by atoms with Crippen LogP contribution in [0.3, 0.4) is 0 Å². The number of carbonyl (C=O) groups excluding carboxylic acids is 2. The van der Waals surface area contributed by atoms with Crippen molar-refractivity contribution in [2.75, 3.05) is 11.1 Å². The second-order valence-corrected chi connectivity index (χ2v) is 9.49.